The number of aliphatic hydroxyl groups excluding tert-OH is 1. The number of ether oxygens (including phenoxy) is 7. The minimum absolute atomic E-state index is 0.00999. The molecule has 0 unspecified atom stereocenters. The maximum Gasteiger partial charge on any atom is 0.344 e. The van der Waals surface area contributed by atoms with Crippen LogP contribution in [0.4, 0.5) is 22.7 Å². The number of benzene rings is 4. The van der Waals surface area contributed by atoms with Crippen LogP contribution in [0, 0.1) is 0 Å². The van der Waals surface area contributed by atoms with E-state index in [0.717, 1.165) is 0 Å². The highest BCUT2D eigenvalue weighted by Gasteiger charge is 2.08. The lowest BCUT2D eigenvalue weighted by atomic mass is 10.3. The van der Waals surface area contributed by atoms with Crippen molar-refractivity contribution in [2.75, 3.05) is 75.8 Å². The van der Waals surface area contributed by atoms with E-state index < -0.39 is 23.9 Å². The molecular weight excluding hydrogens is 696 g/mol. The first-order chi connectivity index (χ1) is 25.4. The third-order valence-corrected chi connectivity index (χ3v) is 5.92. The largest absolute Gasteiger partial charge is 0.482 e. The van der Waals surface area contributed by atoms with Crippen molar-refractivity contribution in [3.63, 3.8) is 0 Å². The average Bonchev–Trinajstić information content (AvgIpc) is 3.15. The lowest BCUT2D eigenvalue weighted by Crippen LogP contribution is -2.21. The van der Waals surface area contributed by atoms with Crippen LogP contribution in [0.5, 0.6) is 23.0 Å². The van der Waals surface area contributed by atoms with E-state index in [1.165, 1.54) is 0 Å². The molecule has 0 aliphatic carbocycles. The standard InChI is InChI=1S/C18H20N2O6.C10H13NO4.C8H9NO3/c19-13-1-5-15(6-2-13)25-11-17(21)23-9-10-24-18(22)12-26-16-7-3-14(20)4-8-16;11-8-1-3-9(4-2-8)15-7-10(13)14-6-5-12;9-6-1-3-7(4-2-6)12-5-8(10)11/h1-8H,9-12,19-20H2;1-4,12H,5-7,11H2;1-4H,5,9H2,(H,10,11). The number of rotatable bonds is 17. The summed E-state index contributed by atoms with van der Waals surface area (Å²) < 4.78 is 34.8. The van der Waals surface area contributed by atoms with E-state index in [1.54, 1.807) is 97.1 Å². The van der Waals surface area contributed by atoms with Gasteiger partial charge in [0, 0.05) is 22.7 Å². The minimum Gasteiger partial charge on any atom is -0.482 e. The molecule has 17 nitrogen and oxygen atoms in total. The number of carboxylic acids is 1. The highest BCUT2D eigenvalue weighted by molar-refractivity contribution is 5.72. The van der Waals surface area contributed by atoms with Crippen LogP contribution < -0.4 is 41.9 Å². The zero-order chi connectivity index (χ0) is 38.8. The predicted molar refractivity (Wildman–Crippen MR) is 193 cm³/mol. The van der Waals surface area contributed by atoms with Gasteiger partial charge in [-0.1, -0.05) is 0 Å². The number of carbonyl (C=O) groups is 4. The molecule has 10 N–H and O–H groups in total. The van der Waals surface area contributed by atoms with Gasteiger partial charge >= 0.3 is 23.9 Å². The van der Waals surface area contributed by atoms with Crippen molar-refractivity contribution in [1.82, 2.24) is 0 Å². The number of nitrogens with two attached hydrogens (primary N) is 4. The Bertz CT molecular complexity index is 1610. The molecule has 0 atom stereocenters. The van der Waals surface area contributed by atoms with Crippen LogP contribution in [-0.4, -0.2) is 86.9 Å². The second-order valence-electron chi connectivity index (χ2n) is 10.2. The minimum atomic E-state index is -0.994. The third-order valence-electron chi connectivity index (χ3n) is 5.92. The quantitative estimate of drug-likeness (QED) is 0.0392. The molecule has 0 saturated carbocycles. The number of esters is 3. The van der Waals surface area contributed by atoms with Gasteiger partial charge < -0.3 is 66.3 Å². The van der Waals surface area contributed by atoms with Crippen molar-refractivity contribution in [3.05, 3.63) is 97.1 Å². The summed E-state index contributed by atoms with van der Waals surface area (Å²) in [7, 11) is 0. The molecular formula is C36H42N4O13. The highest BCUT2D eigenvalue weighted by atomic mass is 16.6. The first kappa shape index (κ1) is 42.3. The number of aliphatic carboxylic acids is 1. The van der Waals surface area contributed by atoms with E-state index in [4.69, 9.17) is 61.6 Å². The summed E-state index contributed by atoms with van der Waals surface area (Å²) in [6, 6.07) is 26.4. The predicted octanol–water partition coefficient (Wildman–Crippen LogP) is 2.31. The molecule has 284 valence electrons. The molecule has 17 heteroatoms. The van der Waals surface area contributed by atoms with Crippen LogP contribution in [-0.2, 0) is 33.4 Å². The maximum absolute atomic E-state index is 11.5. The van der Waals surface area contributed by atoms with Crippen molar-refractivity contribution < 1.29 is 62.5 Å². The van der Waals surface area contributed by atoms with Gasteiger partial charge in [-0.05, 0) is 97.1 Å². The Morgan fingerprint density at radius 2 is 0.660 bits per heavy atom. The number of anilines is 4. The van der Waals surface area contributed by atoms with Crippen molar-refractivity contribution >= 4 is 46.6 Å². The lowest BCUT2D eigenvalue weighted by Gasteiger charge is -2.09. The summed E-state index contributed by atoms with van der Waals surface area (Å²) in [5, 5.41) is 16.7. The molecule has 0 heterocycles. The Morgan fingerprint density at radius 3 is 0.906 bits per heavy atom. The molecule has 4 aromatic rings. The molecule has 0 bridgehead atoms. The molecule has 0 fully saturated rings. The molecule has 53 heavy (non-hydrogen) atoms. The molecule has 0 radical (unpaired) electrons. The topological polar surface area (TPSA) is 277 Å². The summed E-state index contributed by atoms with van der Waals surface area (Å²) in [6.45, 7) is -1.35. The fourth-order valence-corrected chi connectivity index (χ4v) is 3.42. The Balaban J connectivity index is 0.000000304. The first-order valence-electron chi connectivity index (χ1n) is 15.7. The second-order valence-corrected chi connectivity index (χ2v) is 10.2. The highest BCUT2D eigenvalue weighted by Crippen LogP contribution is 2.15. The molecule has 4 aromatic carbocycles. The van der Waals surface area contributed by atoms with E-state index in [0.29, 0.717) is 45.7 Å². The van der Waals surface area contributed by atoms with Gasteiger partial charge in [0.1, 0.15) is 42.8 Å². The van der Waals surface area contributed by atoms with Crippen LogP contribution in [0.15, 0.2) is 97.1 Å². The fourth-order valence-electron chi connectivity index (χ4n) is 3.42. The van der Waals surface area contributed by atoms with Crippen LogP contribution in [0.1, 0.15) is 0 Å². The third kappa shape index (κ3) is 20.4. The van der Waals surface area contributed by atoms with Gasteiger partial charge in [-0.2, -0.15) is 0 Å². The second kappa shape index (κ2) is 24.3. The zero-order valence-corrected chi connectivity index (χ0v) is 28.6. The Kier molecular flexibility index (Phi) is 19.4. The molecule has 0 spiro atoms. The van der Waals surface area contributed by atoms with E-state index in [-0.39, 0.29) is 52.9 Å². The van der Waals surface area contributed by atoms with Gasteiger partial charge in [-0.3, -0.25) is 0 Å². The van der Waals surface area contributed by atoms with Gasteiger partial charge in [0.25, 0.3) is 0 Å². The number of carboxylic acid groups (broad SMARTS) is 1. The maximum atomic E-state index is 11.5. The number of hydrogen-bond acceptors (Lipinski definition) is 16. The number of aliphatic hydroxyl groups is 1. The Morgan fingerprint density at radius 1 is 0.415 bits per heavy atom. The van der Waals surface area contributed by atoms with Gasteiger partial charge in [-0.25, -0.2) is 19.2 Å². The normalized spacial score (nSPS) is 9.75. The van der Waals surface area contributed by atoms with Crippen molar-refractivity contribution in [3.8, 4) is 23.0 Å². The first-order valence-corrected chi connectivity index (χ1v) is 15.7. The van der Waals surface area contributed by atoms with Crippen LogP contribution in [0.3, 0.4) is 0 Å². The molecule has 0 aliphatic heterocycles. The zero-order valence-electron chi connectivity index (χ0n) is 28.6. The van der Waals surface area contributed by atoms with Crippen LogP contribution in [0.25, 0.3) is 0 Å². The van der Waals surface area contributed by atoms with Crippen LogP contribution in [0.2, 0.25) is 0 Å². The molecule has 4 rings (SSSR count). The van der Waals surface area contributed by atoms with Gasteiger partial charge in [-0.15, -0.1) is 0 Å². The number of carbonyl (C=O) groups excluding carboxylic acids is 3. The molecule has 0 aliphatic rings. The summed E-state index contributed by atoms with van der Waals surface area (Å²) in [6.07, 6.45) is 0. The summed E-state index contributed by atoms with van der Waals surface area (Å²) in [5.74, 6) is -0.596. The van der Waals surface area contributed by atoms with E-state index in [1.807, 2.05) is 0 Å². The van der Waals surface area contributed by atoms with Gasteiger partial charge in [0.2, 0.25) is 0 Å². The van der Waals surface area contributed by atoms with Gasteiger partial charge in [0.05, 0.1) is 6.61 Å². The molecule has 0 amide bonds. The monoisotopic (exact) mass is 738 g/mol. The summed E-state index contributed by atoms with van der Waals surface area (Å²) in [5.41, 5.74) is 24.4. The Labute approximate surface area is 304 Å². The van der Waals surface area contributed by atoms with Crippen LogP contribution >= 0.6 is 0 Å². The smallest absolute Gasteiger partial charge is 0.344 e. The van der Waals surface area contributed by atoms with Gasteiger partial charge in [0.15, 0.2) is 26.4 Å². The molecule has 0 aromatic heterocycles. The number of nitrogen functional groups attached to an aromatic ring is 4. The lowest BCUT2D eigenvalue weighted by molar-refractivity contribution is -0.154. The van der Waals surface area contributed by atoms with E-state index in [2.05, 4.69) is 4.74 Å². The Hall–Kier alpha value is -6.88. The molecule has 0 saturated heterocycles. The van der Waals surface area contributed by atoms with Crippen molar-refractivity contribution in [1.29, 1.82) is 0 Å². The number of hydrogen-bond donors (Lipinski definition) is 6. The van der Waals surface area contributed by atoms with Crippen molar-refractivity contribution in [2.24, 2.45) is 0 Å². The summed E-state index contributed by atoms with van der Waals surface area (Å²) in [4.78, 5) is 44.1. The SMILES string of the molecule is Nc1ccc(OCC(=O)O)cc1.Nc1ccc(OCC(=O)OCCO)cc1.Nc1ccc(OCC(=O)OCCOC(=O)COc2ccc(N)cc2)cc1. The summed E-state index contributed by atoms with van der Waals surface area (Å²) >= 11 is 0. The van der Waals surface area contributed by atoms with Crippen molar-refractivity contribution in [2.45, 2.75) is 0 Å². The fraction of sp³-hybridized carbons (Fsp3) is 0.222. The van der Waals surface area contributed by atoms with E-state index >= 15 is 0 Å². The average molecular weight is 739 g/mol. The van der Waals surface area contributed by atoms with E-state index in [9.17, 15) is 19.2 Å².